The molecule has 1 saturated carbocycles. The van der Waals surface area contributed by atoms with Crippen LogP contribution in [0.25, 0.3) is 21.3 Å². The van der Waals surface area contributed by atoms with Gasteiger partial charge in [-0.15, -0.1) is 11.3 Å². The molecule has 2 heterocycles. The van der Waals surface area contributed by atoms with Crippen LogP contribution >= 0.6 is 22.9 Å². The van der Waals surface area contributed by atoms with Crippen molar-refractivity contribution in [2.45, 2.75) is 64.8 Å². The first kappa shape index (κ1) is 22.3. The molecule has 33 heavy (non-hydrogen) atoms. The number of nitrogens with one attached hydrogen (secondary N) is 1. The molecule has 0 saturated heterocycles. The van der Waals surface area contributed by atoms with E-state index in [0.717, 1.165) is 32.1 Å². The minimum absolute atomic E-state index is 0.00327. The minimum atomic E-state index is -0.621. The Morgan fingerprint density at radius 3 is 2.58 bits per heavy atom. The van der Waals surface area contributed by atoms with Gasteiger partial charge in [0.15, 0.2) is 11.6 Å². The lowest BCUT2D eigenvalue weighted by Gasteiger charge is -2.19. The Morgan fingerprint density at radius 2 is 1.97 bits per heavy atom. The quantitative estimate of drug-likeness (QED) is 0.430. The number of carbonyl (C=O) groups is 2. The third-order valence-electron chi connectivity index (χ3n) is 6.59. The predicted molar refractivity (Wildman–Crippen MR) is 130 cm³/mol. The average Bonchev–Trinajstić information content (AvgIpc) is 3.50. The zero-order valence-electron chi connectivity index (χ0n) is 18.7. The van der Waals surface area contributed by atoms with Crippen LogP contribution in [0.3, 0.4) is 0 Å². The second-order valence-electron chi connectivity index (χ2n) is 9.14. The first-order valence-electron chi connectivity index (χ1n) is 11.2. The van der Waals surface area contributed by atoms with E-state index in [1.54, 1.807) is 4.57 Å². The molecule has 172 valence electrons. The van der Waals surface area contributed by atoms with Crippen LogP contribution in [0.15, 0.2) is 17.1 Å². The number of aromatic nitrogens is 1. The molecule has 3 aromatic rings. The number of thiophene rings is 1. The molecule has 0 radical (unpaired) electrons. The number of fused-ring (bicyclic) bond motifs is 2. The number of anilines is 1. The van der Waals surface area contributed by atoms with Crippen molar-refractivity contribution in [3.8, 4) is 10.4 Å². The maximum atomic E-state index is 16.3. The van der Waals surface area contributed by atoms with Gasteiger partial charge in [0.2, 0.25) is 11.3 Å². The third kappa shape index (κ3) is 3.62. The maximum absolute atomic E-state index is 16.3. The molecule has 0 aliphatic heterocycles. The van der Waals surface area contributed by atoms with Gasteiger partial charge in [-0.3, -0.25) is 14.4 Å². The number of rotatable bonds is 4. The van der Waals surface area contributed by atoms with Gasteiger partial charge in [0.1, 0.15) is 0 Å². The largest absolute Gasteiger partial charge is 0.341 e. The number of halogens is 2. The first-order chi connectivity index (χ1) is 15.7. The molecular formula is C25H24ClFN2O3S. The van der Waals surface area contributed by atoms with Crippen molar-refractivity contribution in [1.29, 1.82) is 0 Å². The third-order valence-corrected chi connectivity index (χ3v) is 8.40. The smallest absolute Gasteiger partial charge is 0.221 e. The normalized spacial score (nSPS) is 17.8. The van der Waals surface area contributed by atoms with Crippen LogP contribution < -0.4 is 10.7 Å². The van der Waals surface area contributed by atoms with Gasteiger partial charge in [0, 0.05) is 28.9 Å². The molecule has 8 heteroatoms. The lowest BCUT2D eigenvalue weighted by Crippen LogP contribution is -2.21. The molecule has 1 fully saturated rings. The van der Waals surface area contributed by atoms with Crippen LogP contribution in [0.1, 0.15) is 79.2 Å². The van der Waals surface area contributed by atoms with Crippen molar-refractivity contribution < 1.29 is 14.0 Å². The van der Waals surface area contributed by atoms with Gasteiger partial charge in [-0.25, -0.2) is 4.39 Å². The van der Waals surface area contributed by atoms with Crippen molar-refractivity contribution in [3.05, 3.63) is 49.3 Å². The number of nitrogens with zero attached hydrogens (tertiary/aromatic N) is 1. The fourth-order valence-electron chi connectivity index (χ4n) is 4.85. The summed E-state index contributed by atoms with van der Waals surface area (Å²) in [6.45, 7) is 4.79. The molecular weight excluding hydrogens is 463 g/mol. The number of hydrogen-bond acceptors (Lipinski definition) is 4. The van der Waals surface area contributed by atoms with Gasteiger partial charge < -0.3 is 9.88 Å². The predicted octanol–water partition coefficient (Wildman–Crippen LogP) is 6.46. The molecule has 2 aromatic heterocycles. The summed E-state index contributed by atoms with van der Waals surface area (Å²) in [4.78, 5) is 39.5. The Morgan fingerprint density at radius 1 is 1.24 bits per heavy atom. The van der Waals surface area contributed by atoms with Crippen LogP contribution in [0, 0.1) is 5.82 Å². The number of hydrogen-bond donors (Lipinski definition) is 1. The highest BCUT2D eigenvalue weighted by atomic mass is 35.5. The standard InChI is InChI=1S/C25H24ClFN2O3S/c1-11-5-4-6-14-9-17(33-25(11)14)18-20(26)22(28-13(3)31)19-23(21(18)27)29(15-7-8-15)10-16(12(2)30)24(19)32/h9-11,15H,4-8H2,1-3H3,(H,28,31). The Balaban J connectivity index is 1.90. The Labute approximate surface area is 199 Å². The molecule has 1 N–H and O–H groups in total. The van der Waals surface area contributed by atoms with Crippen molar-refractivity contribution in [2.24, 2.45) is 0 Å². The van der Waals surface area contributed by atoms with Crippen LogP contribution in [0.5, 0.6) is 0 Å². The van der Waals surface area contributed by atoms with E-state index in [0.29, 0.717) is 10.8 Å². The van der Waals surface area contributed by atoms with E-state index in [4.69, 9.17) is 11.6 Å². The highest BCUT2D eigenvalue weighted by Crippen LogP contribution is 2.48. The molecule has 2 aliphatic rings. The fourth-order valence-corrected chi connectivity index (χ4v) is 6.57. The van der Waals surface area contributed by atoms with E-state index in [2.05, 4.69) is 12.2 Å². The van der Waals surface area contributed by atoms with Gasteiger partial charge >= 0.3 is 0 Å². The van der Waals surface area contributed by atoms with Crippen LogP contribution in [0.2, 0.25) is 5.02 Å². The van der Waals surface area contributed by atoms with E-state index >= 15 is 4.39 Å². The van der Waals surface area contributed by atoms with Gasteiger partial charge in [-0.2, -0.15) is 0 Å². The summed E-state index contributed by atoms with van der Waals surface area (Å²) in [7, 11) is 0. The van der Waals surface area contributed by atoms with Gasteiger partial charge in [-0.05, 0) is 56.6 Å². The number of aryl methyl sites for hydroxylation is 1. The van der Waals surface area contributed by atoms with Crippen LogP contribution in [-0.2, 0) is 11.2 Å². The van der Waals surface area contributed by atoms with E-state index in [1.807, 2.05) is 6.07 Å². The van der Waals surface area contributed by atoms with E-state index in [9.17, 15) is 14.4 Å². The monoisotopic (exact) mass is 486 g/mol. The van der Waals surface area contributed by atoms with E-state index in [-0.39, 0.29) is 38.8 Å². The molecule has 1 aromatic carbocycles. The summed E-state index contributed by atoms with van der Waals surface area (Å²) in [5.74, 6) is -1.03. The summed E-state index contributed by atoms with van der Waals surface area (Å²) in [6.07, 6.45) is 6.23. The van der Waals surface area contributed by atoms with Gasteiger partial charge in [0.05, 0.1) is 32.7 Å². The molecule has 1 unspecified atom stereocenters. The van der Waals surface area contributed by atoms with Crippen LogP contribution in [-0.4, -0.2) is 16.3 Å². The summed E-state index contributed by atoms with van der Waals surface area (Å²) in [5, 5.41) is 2.60. The highest BCUT2D eigenvalue weighted by Gasteiger charge is 2.32. The number of Topliss-reactive ketones (excluding diaryl/α,β-unsaturated/α-hetero) is 1. The topological polar surface area (TPSA) is 68.2 Å². The molecule has 0 spiro atoms. The molecule has 2 aliphatic carbocycles. The number of pyridine rings is 1. The molecule has 1 atom stereocenters. The summed E-state index contributed by atoms with van der Waals surface area (Å²) in [5.41, 5.74) is 0.905. The Kier molecular flexibility index (Phi) is 5.45. The highest BCUT2D eigenvalue weighted by molar-refractivity contribution is 7.15. The number of benzene rings is 1. The summed E-state index contributed by atoms with van der Waals surface area (Å²) in [6, 6.07) is 1.99. The molecule has 0 bridgehead atoms. The van der Waals surface area contributed by atoms with Gasteiger partial charge in [-0.1, -0.05) is 18.5 Å². The summed E-state index contributed by atoms with van der Waals surface area (Å²) >= 11 is 8.27. The Hall–Kier alpha value is -2.51. The lowest BCUT2D eigenvalue weighted by atomic mass is 9.90. The number of amides is 1. The average molecular weight is 487 g/mol. The van der Waals surface area contributed by atoms with Gasteiger partial charge in [0.25, 0.3) is 0 Å². The number of carbonyl (C=O) groups excluding carboxylic acids is 2. The maximum Gasteiger partial charge on any atom is 0.221 e. The lowest BCUT2D eigenvalue weighted by molar-refractivity contribution is -0.114. The SMILES string of the molecule is CC(=O)Nc1c(Cl)c(-c2cc3c(s2)C(C)CCC3)c(F)c2c1c(=O)c(C(C)=O)cn2C1CC1. The molecule has 5 rings (SSSR count). The molecule has 5 nitrogen and oxygen atoms in total. The Bertz CT molecular complexity index is 1400. The second kappa shape index (κ2) is 8.06. The minimum Gasteiger partial charge on any atom is -0.341 e. The fraction of sp³-hybridized carbons (Fsp3) is 0.400. The van der Waals surface area contributed by atoms with E-state index in [1.165, 1.54) is 41.8 Å². The zero-order valence-corrected chi connectivity index (χ0v) is 20.3. The van der Waals surface area contributed by atoms with Crippen molar-refractivity contribution in [2.75, 3.05) is 5.32 Å². The molecule has 1 amide bonds. The van der Waals surface area contributed by atoms with Crippen LogP contribution in [0.4, 0.5) is 10.1 Å². The van der Waals surface area contributed by atoms with Crippen molar-refractivity contribution in [1.82, 2.24) is 4.57 Å². The second-order valence-corrected chi connectivity index (χ2v) is 10.6. The number of ketones is 1. The first-order valence-corrected chi connectivity index (χ1v) is 12.4. The summed E-state index contributed by atoms with van der Waals surface area (Å²) < 4.78 is 18.0. The van der Waals surface area contributed by atoms with Crippen molar-refractivity contribution >= 4 is 51.2 Å². The van der Waals surface area contributed by atoms with E-state index < -0.39 is 22.9 Å². The zero-order chi connectivity index (χ0) is 23.6. The van der Waals surface area contributed by atoms with Crippen molar-refractivity contribution in [3.63, 3.8) is 0 Å².